The van der Waals surface area contributed by atoms with Gasteiger partial charge in [-0.15, -0.1) is 0 Å². The zero-order valence-corrected chi connectivity index (χ0v) is 13.8. The van der Waals surface area contributed by atoms with Crippen molar-refractivity contribution in [3.05, 3.63) is 51.0 Å². The van der Waals surface area contributed by atoms with Gasteiger partial charge in [0.2, 0.25) is 0 Å². The van der Waals surface area contributed by atoms with E-state index in [1.165, 1.54) is 12.1 Å². The van der Waals surface area contributed by atoms with Gasteiger partial charge < -0.3 is 15.7 Å². The van der Waals surface area contributed by atoms with Crippen LogP contribution in [0.25, 0.3) is 0 Å². The van der Waals surface area contributed by atoms with Crippen LogP contribution in [0.15, 0.2) is 30.3 Å². The number of carbonyl (C=O) groups is 1. The molecule has 0 aliphatic rings. The Kier molecular flexibility index (Phi) is 5.37. The van der Waals surface area contributed by atoms with Gasteiger partial charge in [0.25, 0.3) is 0 Å². The highest BCUT2D eigenvalue weighted by atomic mass is 35.5. The van der Waals surface area contributed by atoms with Crippen LogP contribution in [0.5, 0.6) is 5.75 Å². The maximum Gasteiger partial charge on any atom is 0.416 e. The van der Waals surface area contributed by atoms with Gasteiger partial charge in [-0.1, -0.05) is 34.8 Å². The first-order valence-corrected chi connectivity index (χ1v) is 7.34. The lowest BCUT2D eigenvalue weighted by Crippen LogP contribution is -2.20. The molecule has 0 aromatic heterocycles. The van der Waals surface area contributed by atoms with E-state index in [9.17, 15) is 23.1 Å². The van der Waals surface area contributed by atoms with Crippen LogP contribution in [-0.4, -0.2) is 11.1 Å². The van der Waals surface area contributed by atoms with Gasteiger partial charge in [-0.3, -0.25) is 0 Å². The highest BCUT2D eigenvalue weighted by molar-refractivity contribution is 6.36. The molecule has 0 aliphatic heterocycles. The fraction of sp³-hybridized carbons (Fsp3) is 0.0714. The van der Waals surface area contributed by atoms with Crippen molar-refractivity contribution >= 4 is 52.2 Å². The summed E-state index contributed by atoms with van der Waals surface area (Å²) in [5.74, 6) is -0.439. The van der Waals surface area contributed by atoms with Crippen molar-refractivity contribution in [1.29, 1.82) is 0 Å². The van der Waals surface area contributed by atoms with Crippen LogP contribution in [0.3, 0.4) is 0 Å². The number of phenolic OH excluding ortho intramolecular Hbond substituents is 1. The standard InChI is InChI=1S/C14H8Cl3F3N2O2/c15-7-4-9(17)12(23)11(5-7)22-13(24)21-10-3-6(14(18,19)20)1-2-8(10)16/h1-5,23H,(H2,21,22,24). The van der Waals surface area contributed by atoms with Crippen molar-refractivity contribution in [3.8, 4) is 5.75 Å². The lowest BCUT2D eigenvalue weighted by Gasteiger charge is -2.13. The van der Waals surface area contributed by atoms with Crippen LogP contribution in [0, 0.1) is 0 Å². The first-order valence-electron chi connectivity index (χ1n) is 6.20. The smallest absolute Gasteiger partial charge is 0.416 e. The second kappa shape index (κ2) is 6.96. The number of hydrogen-bond acceptors (Lipinski definition) is 2. The van der Waals surface area contributed by atoms with Crippen LogP contribution >= 0.6 is 34.8 Å². The lowest BCUT2D eigenvalue weighted by atomic mass is 10.2. The van der Waals surface area contributed by atoms with Gasteiger partial charge in [0.05, 0.1) is 27.0 Å². The largest absolute Gasteiger partial charge is 0.504 e. The minimum atomic E-state index is -4.59. The summed E-state index contributed by atoms with van der Waals surface area (Å²) in [4.78, 5) is 11.9. The Morgan fingerprint density at radius 1 is 0.958 bits per heavy atom. The molecule has 3 N–H and O–H groups in total. The van der Waals surface area contributed by atoms with Gasteiger partial charge >= 0.3 is 12.2 Å². The second-order valence-corrected chi connectivity index (χ2v) is 5.81. The molecule has 4 nitrogen and oxygen atoms in total. The van der Waals surface area contributed by atoms with E-state index in [0.717, 1.165) is 12.1 Å². The van der Waals surface area contributed by atoms with Crippen molar-refractivity contribution in [3.63, 3.8) is 0 Å². The Balaban J connectivity index is 2.22. The summed E-state index contributed by atoms with van der Waals surface area (Å²) in [5.41, 5.74) is -1.35. The van der Waals surface area contributed by atoms with Gasteiger partial charge in [-0.25, -0.2) is 4.79 Å². The van der Waals surface area contributed by atoms with E-state index in [0.29, 0.717) is 6.07 Å². The molecule has 2 aromatic carbocycles. The number of halogens is 6. The Hall–Kier alpha value is -1.83. The summed E-state index contributed by atoms with van der Waals surface area (Å²) < 4.78 is 38.1. The summed E-state index contributed by atoms with van der Waals surface area (Å²) in [6.07, 6.45) is -4.59. The van der Waals surface area contributed by atoms with Gasteiger partial charge in [0, 0.05) is 5.02 Å². The Morgan fingerprint density at radius 3 is 2.21 bits per heavy atom. The molecule has 0 atom stereocenters. The topological polar surface area (TPSA) is 61.4 Å². The fourth-order valence-corrected chi connectivity index (χ4v) is 2.39. The quantitative estimate of drug-likeness (QED) is 0.541. The van der Waals surface area contributed by atoms with Crippen LogP contribution < -0.4 is 10.6 Å². The minimum Gasteiger partial charge on any atom is -0.504 e. The number of hydrogen-bond donors (Lipinski definition) is 3. The zero-order chi connectivity index (χ0) is 18.1. The van der Waals surface area contributed by atoms with E-state index < -0.39 is 23.5 Å². The number of alkyl halides is 3. The van der Waals surface area contributed by atoms with E-state index in [2.05, 4.69) is 10.6 Å². The van der Waals surface area contributed by atoms with E-state index in [1.54, 1.807) is 0 Å². The molecular weight excluding hydrogens is 392 g/mol. The number of carbonyl (C=O) groups excluding carboxylic acids is 1. The molecule has 24 heavy (non-hydrogen) atoms. The van der Waals surface area contributed by atoms with Crippen molar-refractivity contribution in [2.24, 2.45) is 0 Å². The van der Waals surface area contributed by atoms with Crippen LogP contribution in [0.2, 0.25) is 15.1 Å². The predicted octanol–water partition coefficient (Wildman–Crippen LogP) is 6.02. The average Bonchev–Trinajstić information content (AvgIpc) is 2.45. The van der Waals surface area contributed by atoms with E-state index in [4.69, 9.17) is 34.8 Å². The highest BCUT2D eigenvalue weighted by Gasteiger charge is 2.31. The molecule has 0 unspecified atom stereocenters. The molecule has 2 aromatic rings. The summed E-state index contributed by atoms with van der Waals surface area (Å²) in [5, 5.41) is 14.1. The third kappa shape index (κ3) is 4.37. The summed E-state index contributed by atoms with van der Waals surface area (Å²) in [6, 6.07) is 4.01. The predicted molar refractivity (Wildman–Crippen MR) is 87.2 cm³/mol. The van der Waals surface area contributed by atoms with Crippen molar-refractivity contribution < 1.29 is 23.1 Å². The summed E-state index contributed by atoms with van der Waals surface area (Å²) in [6.45, 7) is 0. The van der Waals surface area contributed by atoms with Crippen LogP contribution in [-0.2, 0) is 6.18 Å². The summed E-state index contributed by atoms with van der Waals surface area (Å²) >= 11 is 17.2. The third-order valence-electron chi connectivity index (χ3n) is 2.82. The van der Waals surface area contributed by atoms with Crippen molar-refractivity contribution in [1.82, 2.24) is 0 Å². The average molecular weight is 400 g/mol. The number of anilines is 2. The van der Waals surface area contributed by atoms with Crippen LogP contribution in [0.4, 0.5) is 29.3 Å². The molecule has 128 valence electrons. The molecule has 10 heteroatoms. The number of aromatic hydroxyl groups is 1. The number of benzene rings is 2. The first-order chi connectivity index (χ1) is 11.1. The molecular formula is C14H8Cl3F3N2O2. The molecule has 0 aliphatic carbocycles. The molecule has 0 radical (unpaired) electrons. The van der Waals surface area contributed by atoms with Gasteiger partial charge in [-0.2, -0.15) is 13.2 Å². The molecule has 2 rings (SSSR count). The van der Waals surface area contributed by atoms with Gasteiger partial charge in [-0.05, 0) is 30.3 Å². The number of nitrogens with one attached hydrogen (secondary N) is 2. The SMILES string of the molecule is O=C(Nc1cc(C(F)(F)F)ccc1Cl)Nc1cc(Cl)cc(Cl)c1O. The maximum atomic E-state index is 12.7. The van der Waals surface area contributed by atoms with E-state index >= 15 is 0 Å². The highest BCUT2D eigenvalue weighted by Crippen LogP contribution is 2.36. The maximum absolute atomic E-state index is 12.7. The number of urea groups is 1. The van der Waals surface area contributed by atoms with E-state index in [1.807, 2.05) is 0 Å². The van der Waals surface area contributed by atoms with Crippen molar-refractivity contribution in [2.45, 2.75) is 6.18 Å². The lowest BCUT2D eigenvalue weighted by molar-refractivity contribution is -0.137. The minimum absolute atomic E-state index is 0.0912. The molecule has 0 spiro atoms. The molecule has 2 amide bonds. The second-order valence-electron chi connectivity index (χ2n) is 4.56. The van der Waals surface area contributed by atoms with E-state index in [-0.39, 0.29) is 26.4 Å². The molecule has 0 fully saturated rings. The Bertz CT molecular complexity index is 798. The number of phenols is 1. The molecule has 0 bridgehead atoms. The van der Waals surface area contributed by atoms with Crippen LogP contribution in [0.1, 0.15) is 5.56 Å². The Morgan fingerprint density at radius 2 is 1.58 bits per heavy atom. The fourth-order valence-electron chi connectivity index (χ4n) is 1.73. The number of rotatable bonds is 2. The van der Waals surface area contributed by atoms with Gasteiger partial charge in [0.15, 0.2) is 5.75 Å². The van der Waals surface area contributed by atoms with Crippen molar-refractivity contribution in [2.75, 3.05) is 10.6 Å². The summed E-state index contributed by atoms with van der Waals surface area (Å²) in [7, 11) is 0. The normalized spacial score (nSPS) is 11.2. The number of amides is 2. The third-order valence-corrected chi connectivity index (χ3v) is 3.65. The molecule has 0 saturated heterocycles. The van der Waals surface area contributed by atoms with Gasteiger partial charge in [0.1, 0.15) is 0 Å². The monoisotopic (exact) mass is 398 g/mol. The molecule has 0 saturated carbocycles. The first kappa shape index (κ1) is 18.5. The Labute approximate surface area is 149 Å². The zero-order valence-electron chi connectivity index (χ0n) is 11.5. The molecule has 0 heterocycles.